The van der Waals surface area contributed by atoms with Crippen LogP contribution in [0.2, 0.25) is 0 Å². The molecule has 1 aromatic heterocycles. The second kappa shape index (κ2) is 5.09. The fraction of sp³-hybridized carbons (Fsp3) is 0.750. The second-order valence-electron chi connectivity index (χ2n) is 6.87. The van der Waals surface area contributed by atoms with E-state index in [2.05, 4.69) is 44.5 Å². The molecule has 2 bridgehead atoms. The molecule has 0 amide bonds. The molecule has 3 aliphatic carbocycles. The first-order valence-corrected chi connectivity index (χ1v) is 9.42. The lowest BCUT2D eigenvalue weighted by Gasteiger charge is -2.62. The summed E-state index contributed by atoms with van der Waals surface area (Å²) >= 11 is 3.78. The third-order valence-electron chi connectivity index (χ3n) is 5.73. The van der Waals surface area contributed by atoms with Crippen LogP contribution in [-0.2, 0) is 6.54 Å². The van der Waals surface area contributed by atoms with Crippen molar-refractivity contribution < 1.29 is 0 Å². The first-order valence-electron chi connectivity index (χ1n) is 7.38. The number of fused-ring (bicyclic) bond motifs is 2. The maximum atomic E-state index is 3.82. The molecule has 3 aliphatic rings. The molecule has 106 valence electrons. The summed E-state index contributed by atoms with van der Waals surface area (Å²) in [6.45, 7) is 8.46. The fourth-order valence-corrected chi connectivity index (χ4v) is 5.76. The van der Waals surface area contributed by atoms with Crippen molar-refractivity contribution in [1.82, 2.24) is 5.32 Å². The van der Waals surface area contributed by atoms with Crippen LogP contribution < -0.4 is 5.32 Å². The molecular formula is C16H25NS2. The van der Waals surface area contributed by atoms with E-state index in [4.69, 9.17) is 0 Å². The van der Waals surface area contributed by atoms with Gasteiger partial charge in [0, 0.05) is 17.5 Å². The number of thioether (sulfide) groups is 1. The first-order chi connectivity index (χ1) is 9.02. The minimum absolute atomic E-state index is 0.604. The highest BCUT2D eigenvalue weighted by Crippen LogP contribution is 2.61. The summed E-state index contributed by atoms with van der Waals surface area (Å²) in [5.74, 6) is 2.73. The Morgan fingerprint density at radius 3 is 2.74 bits per heavy atom. The minimum Gasteiger partial charge on any atom is -0.309 e. The largest absolute Gasteiger partial charge is 0.309 e. The van der Waals surface area contributed by atoms with Gasteiger partial charge in [-0.15, -0.1) is 23.1 Å². The van der Waals surface area contributed by atoms with Crippen LogP contribution in [0.3, 0.4) is 0 Å². The van der Waals surface area contributed by atoms with Crippen LogP contribution in [-0.4, -0.2) is 12.3 Å². The van der Waals surface area contributed by atoms with Crippen LogP contribution in [0.4, 0.5) is 0 Å². The SMILES string of the molecule is CSc1ccc(CN[C@@H]2CC3C[C@H]([C@H]2C)C3(C)C)s1. The van der Waals surface area contributed by atoms with Crippen molar-refractivity contribution in [3.63, 3.8) is 0 Å². The van der Waals surface area contributed by atoms with E-state index in [1.54, 1.807) is 0 Å². The molecule has 0 aromatic carbocycles. The average Bonchev–Trinajstić information content (AvgIpc) is 2.84. The normalized spacial score (nSPS) is 36.0. The predicted octanol–water partition coefficient (Wildman–Crippen LogP) is 4.63. The van der Waals surface area contributed by atoms with Gasteiger partial charge in [-0.3, -0.25) is 0 Å². The van der Waals surface area contributed by atoms with Gasteiger partial charge in [0.2, 0.25) is 0 Å². The van der Waals surface area contributed by atoms with Crippen molar-refractivity contribution in [3.8, 4) is 0 Å². The molecule has 3 fully saturated rings. The van der Waals surface area contributed by atoms with Crippen molar-refractivity contribution in [3.05, 3.63) is 17.0 Å². The number of hydrogen-bond donors (Lipinski definition) is 1. The van der Waals surface area contributed by atoms with E-state index in [0.29, 0.717) is 5.41 Å². The third-order valence-corrected chi connectivity index (χ3v) is 7.90. The second-order valence-corrected chi connectivity index (χ2v) is 9.14. The maximum Gasteiger partial charge on any atom is 0.0599 e. The number of nitrogens with one attached hydrogen (secondary N) is 1. The molecule has 4 atom stereocenters. The number of rotatable bonds is 4. The van der Waals surface area contributed by atoms with E-state index in [-0.39, 0.29) is 0 Å². The Morgan fingerprint density at radius 2 is 2.16 bits per heavy atom. The van der Waals surface area contributed by atoms with E-state index in [0.717, 1.165) is 30.3 Å². The van der Waals surface area contributed by atoms with Gasteiger partial charge in [-0.05, 0) is 54.4 Å². The van der Waals surface area contributed by atoms with Gasteiger partial charge in [-0.2, -0.15) is 0 Å². The Morgan fingerprint density at radius 1 is 1.37 bits per heavy atom. The topological polar surface area (TPSA) is 12.0 Å². The van der Waals surface area contributed by atoms with Gasteiger partial charge >= 0.3 is 0 Å². The quantitative estimate of drug-likeness (QED) is 0.813. The van der Waals surface area contributed by atoms with E-state index >= 15 is 0 Å². The average molecular weight is 296 g/mol. The van der Waals surface area contributed by atoms with Crippen molar-refractivity contribution in [2.24, 2.45) is 23.2 Å². The lowest BCUT2D eigenvalue weighted by Crippen LogP contribution is -2.59. The van der Waals surface area contributed by atoms with Gasteiger partial charge in [0.1, 0.15) is 0 Å². The zero-order valence-corrected chi connectivity index (χ0v) is 14.0. The molecule has 19 heavy (non-hydrogen) atoms. The Kier molecular flexibility index (Phi) is 3.74. The van der Waals surface area contributed by atoms with Gasteiger partial charge in [-0.1, -0.05) is 20.8 Å². The van der Waals surface area contributed by atoms with Gasteiger partial charge in [0.15, 0.2) is 0 Å². The summed E-state index contributed by atoms with van der Waals surface area (Å²) in [6.07, 6.45) is 5.01. The van der Waals surface area contributed by atoms with Gasteiger partial charge < -0.3 is 5.32 Å². The van der Waals surface area contributed by atoms with Crippen LogP contribution in [0.5, 0.6) is 0 Å². The highest BCUT2D eigenvalue weighted by Gasteiger charge is 2.55. The zero-order chi connectivity index (χ0) is 13.6. The summed E-state index contributed by atoms with van der Waals surface area (Å²) < 4.78 is 1.43. The van der Waals surface area contributed by atoms with Crippen LogP contribution in [0.1, 0.15) is 38.5 Å². The third kappa shape index (κ3) is 2.38. The standard InChI is InChI=1S/C16H25NS2/c1-10-13-7-11(16(13,2)3)8-14(10)17-9-12-5-6-15(18-4)19-12/h5-6,10-11,13-14,17H,7-9H2,1-4H3/t10-,11?,13-,14-/m1/s1. The van der Waals surface area contributed by atoms with E-state index in [9.17, 15) is 0 Å². The number of hydrogen-bond acceptors (Lipinski definition) is 3. The highest BCUT2D eigenvalue weighted by atomic mass is 32.2. The van der Waals surface area contributed by atoms with Crippen LogP contribution in [0, 0.1) is 23.2 Å². The minimum atomic E-state index is 0.604. The summed E-state index contributed by atoms with van der Waals surface area (Å²) in [5.41, 5.74) is 0.604. The Hall–Kier alpha value is 0.01000. The highest BCUT2D eigenvalue weighted by molar-refractivity contribution is 8.00. The Labute approximate surface area is 125 Å². The lowest BCUT2D eigenvalue weighted by atomic mass is 9.45. The van der Waals surface area contributed by atoms with Crippen LogP contribution in [0.15, 0.2) is 16.3 Å². The van der Waals surface area contributed by atoms with Crippen molar-refractivity contribution in [2.75, 3.05) is 6.26 Å². The summed E-state index contributed by atoms with van der Waals surface area (Å²) in [6, 6.07) is 5.26. The van der Waals surface area contributed by atoms with E-state index in [1.807, 2.05) is 23.1 Å². The summed E-state index contributed by atoms with van der Waals surface area (Å²) in [4.78, 5) is 1.48. The van der Waals surface area contributed by atoms with E-state index < -0.39 is 0 Å². The molecule has 1 aromatic rings. The molecule has 1 unspecified atom stereocenters. The van der Waals surface area contributed by atoms with Crippen LogP contribution >= 0.6 is 23.1 Å². The zero-order valence-electron chi connectivity index (χ0n) is 12.4. The van der Waals surface area contributed by atoms with Crippen LogP contribution in [0.25, 0.3) is 0 Å². The Bertz CT molecular complexity index is 451. The molecule has 1 N–H and O–H groups in total. The molecule has 3 saturated carbocycles. The smallest absolute Gasteiger partial charge is 0.0599 e. The van der Waals surface area contributed by atoms with Gasteiger partial charge in [0.05, 0.1) is 4.21 Å². The monoisotopic (exact) mass is 295 g/mol. The molecule has 1 nitrogen and oxygen atoms in total. The lowest BCUT2D eigenvalue weighted by molar-refractivity contribution is -0.115. The molecule has 0 radical (unpaired) electrons. The summed E-state index contributed by atoms with van der Waals surface area (Å²) in [7, 11) is 0. The summed E-state index contributed by atoms with van der Waals surface area (Å²) in [5, 5.41) is 3.82. The maximum absolute atomic E-state index is 3.82. The predicted molar refractivity (Wildman–Crippen MR) is 85.9 cm³/mol. The fourth-order valence-electron chi connectivity index (χ4n) is 4.21. The molecule has 3 heteroatoms. The van der Waals surface area contributed by atoms with Gasteiger partial charge in [0.25, 0.3) is 0 Å². The molecule has 0 spiro atoms. The molecule has 0 saturated heterocycles. The molecular weight excluding hydrogens is 270 g/mol. The van der Waals surface area contributed by atoms with Crippen molar-refractivity contribution in [1.29, 1.82) is 0 Å². The van der Waals surface area contributed by atoms with Crippen molar-refractivity contribution in [2.45, 2.75) is 50.4 Å². The first kappa shape index (κ1) is 14.0. The molecule has 1 heterocycles. The molecule has 0 aliphatic heterocycles. The van der Waals surface area contributed by atoms with Crippen molar-refractivity contribution >= 4 is 23.1 Å². The number of thiophene rings is 1. The van der Waals surface area contributed by atoms with Gasteiger partial charge in [-0.25, -0.2) is 0 Å². The molecule has 4 rings (SSSR count). The Balaban J connectivity index is 1.57. The van der Waals surface area contributed by atoms with E-state index in [1.165, 1.54) is 21.9 Å².